The van der Waals surface area contributed by atoms with E-state index in [0.29, 0.717) is 16.5 Å². The van der Waals surface area contributed by atoms with E-state index in [4.69, 9.17) is 5.73 Å². The van der Waals surface area contributed by atoms with E-state index in [1.54, 1.807) is 42.7 Å². The molecule has 0 amide bonds. The summed E-state index contributed by atoms with van der Waals surface area (Å²) in [4.78, 5) is 8.65. The summed E-state index contributed by atoms with van der Waals surface area (Å²) in [5, 5.41) is 10.1. The second-order valence-corrected chi connectivity index (χ2v) is 8.70. The van der Waals surface area contributed by atoms with Crippen LogP contribution in [0.1, 0.15) is 0 Å². The zero-order chi connectivity index (χ0) is 23.0. The number of para-hydroxylation sites is 1. The Labute approximate surface area is 189 Å². The predicted molar refractivity (Wildman–Crippen MR) is 127 cm³/mol. The molecule has 0 saturated carbocycles. The number of benzene rings is 3. The van der Waals surface area contributed by atoms with Gasteiger partial charge in [0.15, 0.2) is 0 Å². The first kappa shape index (κ1) is 20.7. The Morgan fingerprint density at radius 2 is 1.64 bits per heavy atom. The Morgan fingerprint density at radius 3 is 2.39 bits per heavy atom. The summed E-state index contributed by atoms with van der Waals surface area (Å²) in [7, 11) is -4.48. The number of aromatic nitrogens is 2. The summed E-state index contributed by atoms with van der Waals surface area (Å²) in [6.45, 7) is 0. The molecular formula is C24H17N5O3S. The molecule has 0 aliphatic heterocycles. The number of nitrogens with zero attached hydrogens (tertiary/aromatic N) is 4. The highest BCUT2D eigenvalue weighted by atomic mass is 32.2. The summed E-state index contributed by atoms with van der Waals surface area (Å²) in [5.41, 5.74) is 9.51. The minimum absolute atomic E-state index is 0.128. The normalized spacial score (nSPS) is 12.0. The van der Waals surface area contributed by atoms with E-state index >= 15 is 0 Å². The molecule has 33 heavy (non-hydrogen) atoms. The molecule has 8 nitrogen and oxygen atoms in total. The lowest BCUT2D eigenvalue weighted by Gasteiger charge is -2.09. The van der Waals surface area contributed by atoms with Crippen molar-refractivity contribution < 1.29 is 13.0 Å². The number of hydrogen-bond donors (Lipinski definition) is 2. The highest BCUT2D eigenvalue weighted by Gasteiger charge is 2.18. The van der Waals surface area contributed by atoms with Crippen molar-refractivity contribution in [3.8, 4) is 11.3 Å². The van der Waals surface area contributed by atoms with E-state index in [2.05, 4.69) is 20.2 Å². The van der Waals surface area contributed by atoms with Gasteiger partial charge in [0.2, 0.25) is 0 Å². The van der Waals surface area contributed by atoms with Crippen LogP contribution in [0, 0.1) is 0 Å². The van der Waals surface area contributed by atoms with Crippen molar-refractivity contribution in [1.82, 2.24) is 9.97 Å². The number of fused-ring (bicyclic) bond motifs is 2. The van der Waals surface area contributed by atoms with Gasteiger partial charge in [-0.25, -0.2) is 0 Å². The molecule has 0 unspecified atom stereocenters. The highest BCUT2D eigenvalue weighted by molar-refractivity contribution is 7.86. The third kappa shape index (κ3) is 3.91. The van der Waals surface area contributed by atoms with E-state index in [-0.39, 0.29) is 16.3 Å². The Bertz CT molecular complexity index is 1640. The number of hydrogen-bond acceptors (Lipinski definition) is 7. The number of nitrogen functional groups attached to an aromatic ring is 1. The predicted octanol–water partition coefficient (Wildman–Crippen LogP) is 5.69. The summed E-state index contributed by atoms with van der Waals surface area (Å²) in [5.74, 6) is 0. The van der Waals surface area contributed by atoms with Crippen molar-refractivity contribution in [3.63, 3.8) is 0 Å². The lowest BCUT2D eigenvalue weighted by atomic mass is 10.1. The number of rotatable bonds is 4. The van der Waals surface area contributed by atoms with Crippen LogP contribution in [-0.2, 0) is 10.1 Å². The largest absolute Gasteiger partial charge is 0.396 e. The fraction of sp³-hybridized carbons (Fsp3) is 0. The Balaban J connectivity index is 1.52. The van der Waals surface area contributed by atoms with E-state index in [1.165, 1.54) is 6.07 Å². The van der Waals surface area contributed by atoms with Gasteiger partial charge in [-0.15, -0.1) is 10.2 Å². The van der Waals surface area contributed by atoms with Crippen LogP contribution >= 0.6 is 0 Å². The van der Waals surface area contributed by atoms with Crippen LogP contribution in [0.15, 0.2) is 100 Å². The Kier molecular flexibility index (Phi) is 5.04. The van der Waals surface area contributed by atoms with Crippen LogP contribution in [0.2, 0.25) is 0 Å². The molecule has 2 aromatic heterocycles. The van der Waals surface area contributed by atoms with Gasteiger partial charge in [0, 0.05) is 27.9 Å². The lowest BCUT2D eigenvalue weighted by molar-refractivity contribution is 0.484. The summed E-state index contributed by atoms with van der Waals surface area (Å²) < 4.78 is 33.4. The van der Waals surface area contributed by atoms with Crippen molar-refractivity contribution in [2.45, 2.75) is 4.90 Å². The number of nitrogens with two attached hydrogens (primary N) is 1. The van der Waals surface area contributed by atoms with Crippen LogP contribution in [0.3, 0.4) is 0 Å². The minimum atomic E-state index is -4.48. The Morgan fingerprint density at radius 1 is 0.848 bits per heavy atom. The lowest BCUT2D eigenvalue weighted by Crippen LogP contribution is -2.01. The Hall–Kier alpha value is -4.21. The molecule has 0 aliphatic rings. The molecule has 9 heteroatoms. The molecule has 5 rings (SSSR count). The number of anilines is 1. The molecule has 0 radical (unpaired) electrons. The topological polar surface area (TPSA) is 131 Å². The molecular weight excluding hydrogens is 438 g/mol. The first-order valence-electron chi connectivity index (χ1n) is 9.92. The quantitative estimate of drug-likeness (QED) is 0.203. The van der Waals surface area contributed by atoms with Crippen molar-refractivity contribution >= 4 is 48.9 Å². The van der Waals surface area contributed by atoms with Crippen molar-refractivity contribution in [1.29, 1.82) is 0 Å². The van der Waals surface area contributed by atoms with Crippen LogP contribution < -0.4 is 5.73 Å². The van der Waals surface area contributed by atoms with Crippen LogP contribution in [0.5, 0.6) is 0 Å². The highest BCUT2D eigenvalue weighted by Crippen LogP contribution is 2.37. The fourth-order valence-corrected chi connectivity index (χ4v) is 4.39. The molecule has 0 saturated heterocycles. The van der Waals surface area contributed by atoms with E-state index in [1.807, 2.05) is 36.4 Å². The molecule has 162 valence electrons. The van der Waals surface area contributed by atoms with Gasteiger partial charge in [0.05, 0.1) is 23.1 Å². The molecule has 3 aromatic carbocycles. The van der Waals surface area contributed by atoms with Crippen molar-refractivity contribution in [2.75, 3.05) is 5.73 Å². The van der Waals surface area contributed by atoms with Gasteiger partial charge in [0.1, 0.15) is 16.3 Å². The van der Waals surface area contributed by atoms with Gasteiger partial charge in [-0.05, 0) is 24.3 Å². The molecule has 0 atom stereocenters. The van der Waals surface area contributed by atoms with Crippen molar-refractivity contribution in [2.24, 2.45) is 10.2 Å². The molecule has 0 spiro atoms. The monoisotopic (exact) mass is 455 g/mol. The second kappa shape index (κ2) is 8.05. The molecule has 0 fully saturated rings. The van der Waals surface area contributed by atoms with Crippen LogP contribution in [-0.4, -0.2) is 22.9 Å². The van der Waals surface area contributed by atoms with Gasteiger partial charge in [-0.2, -0.15) is 8.42 Å². The fourth-order valence-electron chi connectivity index (χ4n) is 3.67. The van der Waals surface area contributed by atoms with Gasteiger partial charge >= 0.3 is 0 Å². The zero-order valence-electron chi connectivity index (χ0n) is 17.1. The third-order valence-electron chi connectivity index (χ3n) is 5.23. The average molecular weight is 455 g/mol. The molecule has 5 aromatic rings. The number of pyridine rings is 2. The first-order chi connectivity index (χ1) is 15.9. The maximum absolute atomic E-state index is 11.9. The van der Waals surface area contributed by atoms with Gasteiger partial charge in [-0.3, -0.25) is 14.5 Å². The molecule has 3 N–H and O–H groups in total. The smallest absolute Gasteiger partial charge is 0.295 e. The van der Waals surface area contributed by atoms with Gasteiger partial charge in [0.25, 0.3) is 10.1 Å². The summed E-state index contributed by atoms with van der Waals surface area (Å²) in [6.07, 6.45) is 3.30. The molecule has 0 aliphatic carbocycles. The summed E-state index contributed by atoms with van der Waals surface area (Å²) in [6, 6.07) is 21.1. The molecule has 2 heterocycles. The van der Waals surface area contributed by atoms with Crippen LogP contribution in [0.4, 0.5) is 17.1 Å². The van der Waals surface area contributed by atoms with Gasteiger partial charge in [-0.1, -0.05) is 48.5 Å². The maximum Gasteiger partial charge on any atom is 0.295 e. The SMILES string of the molecule is Nc1c(/N=N/c2ccc(-c3cccc4cccnc34)nc2)cc(S(=O)(=O)O)c2ccccc12. The first-order valence-corrected chi connectivity index (χ1v) is 11.4. The minimum Gasteiger partial charge on any atom is -0.396 e. The summed E-state index contributed by atoms with van der Waals surface area (Å²) >= 11 is 0. The average Bonchev–Trinajstić information content (AvgIpc) is 2.83. The third-order valence-corrected chi connectivity index (χ3v) is 6.13. The van der Waals surface area contributed by atoms with E-state index in [0.717, 1.165) is 22.2 Å². The van der Waals surface area contributed by atoms with Crippen LogP contribution in [0.25, 0.3) is 32.9 Å². The van der Waals surface area contributed by atoms with Gasteiger partial charge < -0.3 is 5.73 Å². The van der Waals surface area contributed by atoms with Crippen molar-refractivity contribution in [3.05, 3.63) is 85.2 Å². The number of azo groups is 1. The van der Waals surface area contributed by atoms with E-state index < -0.39 is 10.1 Å². The second-order valence-electron chi connectivity index (χ2n) is 7.31. The standard InChI is InChI=1S/C24H17N5O3S/c25-23-18-8-2-1-7-17(18)22(33(30,31)32)13-21(23)29-28-16-10-11-20(27-14-16)19-9-3-5-15-6-4-12-26-24(15)19/h1-14H,25H2,(H,30,31,32)/b29-28+. The van der Waals surface area contributed by atoms with E-state index in [9.17, 15) is 13.0 Å². The molecule has 0 bridgehead atoms. The maximum atomic E-state index is 11.9. The zero-order valence-corrected chi connectivity index (χ0v) is 17.9.